The van der Waals surface area contributed by atoms with E-state index in [1.165, 1.54) is 5.39 Å². The van der Waals surface area contributed by atoms with Gasteiger partial charge >= 0.3 is 0 Å². The number of hydrogen-bond donors (Lipinski definition) is 0. The van der Waals surface area contributed by atoms with Crippen molar-refractivity contribution < 1.29 is 9.53 Å². The molecule has 2 heterocycles. The molecule has 0 saturated carbocycles. The van der Waals surface area contributed by atoms with Crippen LogP contribution in [0.4, 0.5) is 5.13 Å². The van der Waals surface area contributed by atoms with Crippen LogP contribution < -0.4 is 9.64 Å². The first-order chi connectivity index (χ1) is 12.3. The van der Waals surface area contributed by atoms with Gasteiger partial charge in [0.2, 0.25) is 0 Å². The van der Waals surface area contributed by atoms with Crippen molar-refractivity contribution >= 4 is 33.1 Å². The quantitative estimate of drug-likeness (QED) is 0.723. The minimum absolute atomic E-state index is 0.0342. The molecule has 1 aliphatic heterocycles. The van der Waals surface area contributed by atoms with Crippen LogP contribution >= 0.6 is 11.3 Å². The van der Waals surface area contributed by atoms with Crippen molar-refractivity contribution in [1.82, 2.24) is 9.88 Å². The van der Waals surface area contributed by atoms with Gasteiger partial charge in [-0.25, -0.2) is 4.98 Å². The summed E-state index contributed by atoms with van der Waals surface area (Å²) < 4.78 is 5.71. The van der Waals surface area contributed by atoms with E-state index in [4.69, 9.17) is 4.74 Å². The van der Waals surface area contributed by atoms with Gasteiger partial charge in [0.15, 0.2) is 11.7 Å². The van der Waals surface area contributed by atoms with Gasteiger partial charge in [0.25, 0.3) is 5.91 Å². The number of piperazine rings is 1. The third-order valence-corrected chi connectivity index (χ3v) is 5.24. The summed E-state index contributed by atoms with van der Waals surface area (Å²) >= 11 is 1.63. The third kappa shape index (κ3) is 3.58. The van der Waals surface area contributed by atoms with Crippen molar-refractivity contribution in [3.05, 3.63) is 54.0 Å². The molecule has 3 aromatic rings. The maximum absolute atomic E-state index is 12.4. The lowest BCUT2D eigenvalue weighted by Crippen LogP contribution is -2.50. The van der Waals surface area contributed by atoms with E-state index < -0.39 is 0 Å². The standard InChI is InChI=1S/C19H19N3O2S/c23-18(21-8-10-22(11-9-21)19-20-7-12-25-19)14-24-17-6-5-15-3-1-2-4-16(15)13-17/h1-7,12-13H,8-11,14H2. The molecule has 1 saturated heterocycles. The number of thiazole rings is 1. The average Bonchev–Trinajstić information content (AvgIpc) is 3.21. The normalized spacial score (nSPS) is 14.7. The Balaban J connectivity index is 1.31. The Hall–Kier alpha value is -2.60. The fourth-order valence-corrected chi connectivity index (χ4v) is 3.71. The molecule has 0 unspecified atom stereocenters. The highest BCUT2D eigenvalue weighted by atomic mass is 32.1. The largest absolute Gasteiger partial charge is 0.484 e. The summed E-state index contributed by atoms with van der Waals surface area (Å²) in [4.78, 5) is 20.8. The zero-order valence-electron chi connectivity index (χ0n) is 13.8. The van der Waals surface area contributed by atoms with E-state index >= 15 is 0 Å². The Morgan fingerprint density at radius 2 is 1.88 bits per heavy atom. The monoisotopic (exact) mass is 353 g/mol. The summed E-state index contributed by atoms with van der Waals surface area (Å²) in [7, 11) is 0. The molecule has 25 heavy (non-hydrogen) atoms. The maximum Gasteiger partial charge on any atom is 0.260 e. The lowest BCUT2D eigenvalue weighted by Gasteiger charge is -2.34. The van der Waals surface area contributed by atoms with Crippen molar-refractivity contribution in [1.29, 1.82) is 0 Å². The van der Waals surface area contributed by atoms with Crippen LogP contribution in [0.1, 0.15) is 0 Å². The smallest absolute Gasteiger partial charge is 0.260 e. The number of aromatic nitrogens is 1. The highest BCUT2D eigenvalue weighted by Gasteiger charge is 2.22. The van der Waals surface area contributed by atoms with E-state index in [0.29, 0.717) is 13.1 Å². The number of hydrogen-bond acceptors (Lipinski definition) is 5. The summed E-state index contributed by atoms with van der Waals surface area (Å²) in [6, 6.07) is 14.0. The first kappa shape index (κ1) is 15.9. The van der Waals surface area contributed by atoms with Crippen LogP contribution in [0.3, 0.4) is 0 Å². The van der Waals surface area contributed by atoms with E-state index in [0.717, 1.165) is 29.4 Å². The Kier molecular flexibility index (Phi) is 4.52. The number of amides is 1. The second-order valence-electron chi connectivity index (χ2n) is 5.98. The zero-order valence-corrected chi connectivity index (χ0v) is 14.6. The van der Waals surface area contributed by atoms with Crippen LogP contribution in [-0.2, 0) is 4.79 Å². The zero-order chi connectivity index (χ0) is 17.1. The number of benzene rings is 2. The van der Waals surface area contributed by atoms with Crippen LogP contribution in [0, 0.1) is 0 Å². The predicted octanol–water partition coefficient (Wildman–Crippen LogP) is 3.02. The van der Waals surface area contributed by atoms with E-state index in [1.54, 1.807) is 11.3 Å². The fourth-order valence-electron chi connectivity index (χ4n) is 3.01. The molecule has 2 aromatic carbocycles. The van der Waals surface area contributed by atoms with Gasteiger partial charge < -0.3 is 14.5 Å². The Bertz CT molecular complexity index is 858. The van der Waals surface area contributed by atoms with Gasteiger partial charge in [0.1, 0.15) is 5.75 Å². The number of fused-ring (bicyclic) bond motifs is 1. The van der Waals surface area contributed by atoms with Gasteiger partial charge in [-0.15, -0.1) is 11.3 Å². The first-order valence-corrected chi connectivity index (χ1v) is 9.21. The number of carbonyl (C=O) groups is 1. The summed E-state index contributed by atoms with van der Waals surface area (Å²) in [6.45, 7) is 3.12. The maximum atomic E-state index is 12.4. The fraction of sp³-hybridized carbons (Fsp3) is 0.263. The molecule has 0 radical (unpaired) electrons. The summed E-state index contributed by atoms with van der Waals surface area (Å²) in [5.74, 6) is 0.764. The molecular formula is C19H19N3O2S. The molecule has 1 aromatic heterocycles. The first-order valence-electron chi connectivity index (χ1n) is 8.33. The Morgan fingerprint density at radius 3 is 2.64 bits per heavy atom. The second-order valence-corrected chi connectivity index (χ2v) is 6.85. The van der Waals surface area contributed by atoms with Crippen molar-refractivity contribution in [2.24, 2.45) is 0 Å². The topological polar surface area (TPSA) is 45.7 Å². The molecule has 0 spiro atoms. The molecule has 5 nitrogen and oxygen atoms in total. The van der Waals surface area contributed by atoms with Gasteiger partial charge in [-0.1, -0.05) is 30.3 Å². The van der Waals surface area contributed by atoms with E-state index in [1.807, 2.05) is 52.9 Å². The molecule has 0 aliphatic carbocycles. The third-order valence-electron chi connectivity index (χ3n) is 4.41. The second kappa shape index (κ2) is 7.11. The SMILES string of the molecule is O=C(COc1ccc2ccccc2c1)N1CCN(c2nccs2)CC1. The molecule has 4 rings (SSSR count). The number of ether oxygens (including phenoxy) is 1. The average molecular weight is 353 g/mol. The highest BCUT2D eigenvalue weighted by molar-refractivity contribution is 7.13. The molecule has 128 valence electrons. The minimum atomic E-state index is 0.0342. The highest BCUT2D eigenvalue weighted by Crippen LogP contribution is 2.21. The van der Waals surface area contributed by atoms with E-state index in [2.05, 4.69) is 16.0 Å². The van der Waals surface area contributed by atoms with E-state index in [9.17, 15) is 4.79 Å². The van der Waals surface area contributed by atoms with Gasteiger partial charge in [-0.2, -0.15) is 0 Å². The summed E-state index contributed by atoms with van der Waals surface area (Å²) in [6.07, 6.45) is 1.81. The molecular weight excluding hydrogens is 334 g/mol. The summed E-state index contributed by atoms with van der Waals surface area (Å²) in [5.41, 5.74) is 0. The van der Waals surface area contributed by atoms with Crippen LogP contribution in [0.25, 0.3) is 10.8 Å². The Morgan fingerprint density at radius 1 is 1.08 bits per heavy atom. The molecule has 0 atom stereocenters. The lowest BCUT2D eigenvalue weighted by molar-refractivity contribution is -0.133. The molecule has 1 fully saturated rings. The minimum Gasteiger partial charge on any atom is -0.484 e. The van der Waals surface area contributed by atoms with Crippen LogP contribution in [0.2, 0.25) is 0 Å². The van der Waals surface area contributed by atoms with Gasteiger partial charge in [-0.05, 0) is 22.9 Å². The van der Waals surface area contributed by atoms with Crippen molar-refractivity contribution in [2.75, 3.05) is 37.7 Å². The van der Waals surface area contributed by atoms with Crippen LogP contribution in [0.5, 0.6) is 5.75 Å². The molecule has 6 heteroatoms. The molecule has 1 aliphatic rings. The number of carbonyl (C=O) groups excluding carboxylic acids is 1. The molecule has 1 amide bonds. The molecule has 0 N–H and O–H groups in total. The van der Waals surface area contributed by atoms with Crippen molar-refractivity contribution in [2.45, 2.75) is 0 Å². The van der Waals surface area contributed by atoms with Crippen LogP contribution in [0.15, 0.2) is 54.0 Å². The van der Waals surface area contributed by atoms with E-state index in [-0.39, 0.29) is 12.5 Å². The number of rotatable bonds is 4. The number of nitrogens with zero attached hydrogens (tertiary/aromatic N) is 3. The predicted molar refractivity (Wildman–Crippen MR) is 100 cm³/mol. The summed E-state index contributed by atoms with van der Waals surface area (Å²) in [5, 5.41) is 5.29. The number of anilines is 1. The molecule has 0 bridgehead atoms. The Labute approximate surface area is 150 Å². The lowest BCUT2D eigenvalue weighted by atomic mass is 10.1. The van der Waals surface area contributed by atoms with Crippen LogP contribution in [-0.4, -0.2) is 48.6 Å². The van der Waals surface area contributed by atoms with Gasteiger partial charge in [0.05, 0.1) is 0 Å². The van der Waals surface area contributed by atoms with Gasteiger partial charge in [0, 0.05) is 37.8 Å². The van der Waals surface area contributed by atoms with Crippen molar-refractivity contribution in [3.63, 3.8) is 0 Å². The van der Waals surface area contributed by atoms with Gasteiger partial charge in [-0.3, -0.25) is 4.79 Å². The van der Waals surface area contributed by atoms with Crippen molar-refractivity contribution in [3.8, 4) is 5.75 Å².